The highest BCUT2D eigenvalue weighted by Gasteiger charge is 2.55. The van der Waals surface area contributed by atoms with E-state index in [9.17, 15) is 36.6 Å². The number of benzene rings is 2. The quantitative estimate of drug-likeness (QED) is 0.512. The van der Waals surface area contributed by atoms with Gasteiger partial charge in [0.25, 0.3) is 0 Å². The van der Waals surface area contributed by atoms with E-state index in [4.69, 9.17) is 4.74 Å². The average Bonchev–Trinajstić information content (AvgIpc) is 2.90. The number of carboxylic acids is 2. The minimum absolute atomic E-state index is 0.166. The Hall–Kier alpha value is -3.80. The third kappa shape index (κ3) is 4.57. The van der Waals surface area contributed by atoms with Gasteiger partial charge in [0, 0.05) is 12.8 Å². The lowest BCUT2D eigenvalue weighted by Gasteiger charge is -2.41. The van der Waals surface area contributed by atoms with Crippen molar-refractivity contribution in [2.75, 3.05) is 0 Å². The molecule has 192 valence electrons. The van der Waals surface area contributed by atoms with Gasteiger partial charge in [-0.1, -0.05) is 48.6 Å². The van der Waals surface area contributed by atoms with Crippen LogP contribution in [0.5, 0.6) is 0 Å². The molecular formula is C26H22O9S2. The van der Waals surface area contributed by atoms with Gasteiger partial charge in [0.2, 0.25) is 19.7 Å². The van der Waals surface area contributed by atoms with Crippen LogP contribution in [0.2, 0.25) is 0 Å². The molecule has 0 heterocycles. The molecule has 2 N–H and O–H groups in total. The Morgan fingerprint density at radius 2 is 1.00 bits per heavy atom. The summed E-state index contributed by atoms with van der Waals surface area (Å²) in [5, 5.41) is 18.8. The first-order valence-corrected chi connectivity index (χ1v) is 14.0. The number of hydrogen-bond acceptors (Lipinski definition) is 7. The maximum absolute atomic E-state index is 14.0. The van der Waals surface area contributed by atoms with Crippen LogP contribution in [0.15, 0.2) is 118 Å². The van der Waals surface area contributed by atoms with E-state index in [0.29, 0.717) is 0 Å². The zero-order chi connectivity index (χ0) is 26.9. The second kappa shape index (κ2) is 9.58. The standard InChI is InChI=1S/C26H22O9S2/c27-23(28)19-11-15-25(16-12-19,36(31,32)21-7-3-1-4-8-21)35-26(17-13-20(14-18-26)24(29)30)37(33,34)22-9-5-2-6-10-22/h1-15,17H,16,18H2,(H,27,28)(H,29,30). The van der Waals surface area contributed by atoms with Crippen LogP contribution >= 0.6 is 0 Å². The van der Waals surface area contributed by atoms with Crippen molar-refractivity contribution in [3.05, 3.63) is 108 Å². The average molecular weight is 543 g/mol. The number of carboxylic acid groups (broad SMARTS) is 2. The SMILES string of the molecule is O=C(O)C1=CCC(OC2(S(=O)(=O)c3ccccc3)C=CC(C(=O)O)=CC2)(S(=O)(=O)c2ccccc2)C=C1. The molecule has 37 heavy (non-hydrogen) atoms. The van der Waals surface area contributed by atoms with Gasteiger partial charge < -0.3 is 14.9 Å². The summed E-state index contributed by atoms with van der Waals surface area (Å²) in [6.45, 7) is 0. The van der Waals surface area contributed by atoms with Crippen LogP contribution in [0, 0.1) is 0 Å². The number of aliphatic carboxylic acids is 2. The zero-order valence-corrected chi connectivity index (χ0v) is 20.9. The Kier molecular flexibility index (Phi) is 6.80. The molecule has 0 bridgehead atoms. The molecule has 0 amide bonds. The highest BCUT2D eigenvalue weighted by Crippen LogP contribution is 2.45. The molecule has 11 heteroatoms. The zero-order valence-electron chi connectivity index (χ0n) is 19.2. The van der Waals surface area contributed by atoms with Crippen LogP contribution in [-0.4, -0.2) is 48.9 Å². The summed E-state index contributed by atoms with van der Waals surface area (Å²) in [5.41, 5.74) is -0.371. The predicted octanol–water partition coefficient (Wildman–Crippen LogP) is 3.29. The lowest BCUT2D eigenvalue weighted by molar-refractivity contribution is -0.133. The van der Waals surface area contributed by atoms with E-state index in [1.54, 1.807) is 12.1 Å². The van der Waals surface area contributed by atoms with Crippen molar-refractivity contribution >= 4 is 31.6 Å². The Morgan fingerprint density at radius 3 is 1.27 bits per heavy atom. The van der Waals surface area contributed by atoms with Gasteiger partial charge in [0.15, 0.2) is 9.87 Å². The molecular weight excluding hydrogens is 520 g/mol. The lowest BCUT2D eigenvalue weighted by Crippen LogP contribution is -2.52. The highest BCUT2D eigenvalue weighted by atomic mass is 32.2. The molecule has 2 aliphatic rings. The first kappa shape index (κ1) is 26.3. The van der Waals surface area contributed by atoms with E-state index in [1.807, 2.05) is 0 Å². The molecule has 2 atom stereocenters. The van der Waals surface area contributed by atoms with Crippen LogP contribution in [0.25, 0.3) is 0 Å². The van der Waals surface area contributed by atoms with Crippen molar-refractivity contribution in [2.45, 2.75) is 32.5 Å². The minimum atomic E-state index is -4.46. The van der Waals surface area contributed by atoms with Crippen LogP contribution in [0.4, 0.5) is 0 Å². The Morgan fingerprint density at radius 1 is 0.649 bits per heavy atom. The molecule has 2 aliphatic carbocycles. The molecule has 0 saturated heterocycles. The van der Waals surface area contributed by atoms with Crippen LogP contribution in [0.1, 0.15) is 12.8 Å². The lowest BCUT2D eigenvalue weighted by atomic mass is 10.0. The molecule has 0 aliphatic heterocycles. The summed E-state index contributed by atoms with van der Waals surface area (Å²) in [4.78, 5) is 18.0. The smallest absolute Gasteiger partial charge is 0.335 e. The fourth-order valence-corrected chi connectivity index (χ4v) is 7.58. The van der Waals surface area contributed by atoms with Gasteiger partial charge in [-0.2, -0.15) is 0 Å². The number of hydrogen-bond donors (Lipinski definition) is 2. The molecule has 2 aromatic carbocycles. The topological polar surface area (TPSA) is 152 Å². The third-order valence-corrected chi connectivity index (χ3v) is 10.5. The molecule has 2 aromatic rings. The minimum Gasteiger partial charge on any atom is -0.478 e. The fourth-order valence-electron chi connectivity index (χ4n) is 4.08. The largest absolute Gasteiger partial charge is 0.478 e. The van der Waals surface area contributed by atoms with E-state index in [0.717, 1.165) is 36.5 Å². The van der Waals surface area contributed by atoms with Gasteiger partial charge >= 0.3 is 11.9 Å². The first-order chi connectivity index (χ1) is 17.4. The normalized spacial score (nSPS) is 23.7. The molecule has 0 fully saturated rings. The molecule has 0 radical (unpaired) electrons. The third-order valence-electron chi connectivity index (χ3n) is 6.10. The van der Waals surface area contributed by atoms with Crippen molar-refractivity contribution in [3.8, 4) is 0 Å². The summed E-state index contributed by atoms with van der Waals surface area (Å²) in [7, 11) is -8.93. The van der Waals surface area contributed by atoms with E-state index >= 15 is 0 Å². The molecule has 0 aromatic heterocycles. The summed E-state index contributed by atoms with van der Waals surface area (Å²) in [6, 6.07) is 14.5. The van der Waals surface area contributed by atoms with Gasteiger partial charge in [-0.15, -0.1) is 0 Å². The Labute approximate surface area is 213 Å². The van der Waals surface area contributed by atoms with Gasteiger partial charge in [-0.3, -0.25) is 0 Å². The van der Waals surface area contributed by atoms with E-state index in [-0.39, 0.29) is 20.9 Å². The number of rotatable bonds is 8. The maximum atomic E-state index is 14.0. The molecule has 9 nitrogen and oxygen atoms in total. The summed E-state index contributed by atoms with van der Waals surface area (Å²) >= 11 is 0. The van der Waals surface area contributed by atoms with Crippen molar-refractivity contribution in [1.29, 1.82) is 0 Å². The second-order valence-electron chi connectivity index (χ2n) is 8.36. The van der Waals surface area contributed by atoms with Crippen LogP contribution in [-0.2, 0) is 34.0 Å². The predicted molar refractivity (Wildman–Crippen MR) is 133 cm³/mol. The van der Waals surface area contributed by atoms with Crippen molar-refractivity contribution < 1.29 is 41.4 Å². The van der Waals surface area contributed by atoms with Crippen molar-refractivity contribution in [3.63, 3.8) is 0 Å². The van der Waals surface area contributed by atoms with E-state index in [1.165, 1.54) is 48.5 Å². The summed E-state index contributed by atoms with van der Waals surface area (Å²) < 4.78 is 62.0. The van der Waals surface area contributed by atoms with Gasteiger partial charge in [-0.25, -0.2) is 26.4 Å². The van der Waals surface area contributed by atoms with E-state index < -0.39 is 54.3 Å². The molecule has 4 rings (SSSR count). The van der Waals surface area contributed by atoms with Crippen molar-refractivity contribution in [2.24, 2.45) is 0 Å². The van der Waals surface area contributed by atoms with Crippen molar-refractivity contribution in [1.82, 2.24) is 0 Å². The van der Waals surface area contributed by atoms with Gasteiger partial charge in [0.1, 0.15) is 0 Å². The fraction of sp³-hybridized carbons (Fsp3) is 0.154. The number of ether oxygens (including phenoxy) is 1. The number of sulfone groups is 2. The number of carbonyl (C=O) groups is 2. The van der Waals surface area contributed by atoms with E-state index in [2.05, 4.69) is 0 Å². The summed E-state index contributed by atoms with van der Waals surface area (Å²) in [5.74, 6) is -2.58. The second-order valence-corrected chi connectivity index (χ2v) is 12.7. The van der Waals surface area contributed by atoms with Crippen LogP contribution in [0.3, 0.4) is 0 Å². The monoisotopic (exact) mass is 542 g/mol. The van der Waals surface area contributed by atoms with Gasteiger partial charge in [-0.05, 0) is 48.6 Å². The highest BCUT2D eigenvalue weighted by molar-refractivity contribution is 7.93. The molecule has 2 unspecified atom stereocenters. The van der Waals surface area contributed by atoms with Crippen LogP contribution < -0.4 is 0 Å². The Balaban J connectivity index is 1.93. The van der Waals surface area contributed by atoms with Gasteiger partial charge in [0.05, 0.1) is 20.9 Å². The molecule has 0 saturated carbocycles. The summed E-state index contributed by atoms with van der Waals surface area (Å²) in [6.07, 6.45) is 5.47. The molecule has 0 spiro atoms. The Bertz CT molecular complexity index is 1450. The maximum Gasteiger partial charge on any atom is 0.335 e. The first-order valence-electron chi connectivity index (χ1n) is 11.0.